The molecule has 2 rings (SSSR count). The normalized spacial score (nSPS) is 11.6. The summed E-state index contributed by atoms with van der Waals surface area (Å²) in [5.41, 5.74) is 2.68. The molecule has 5 nitrogen and oxygen atoms in total. The van der Waals surface area contributed by atoms with Crippen LogP contribution in [-0.2, 0) is 22.0 Å². The fraction of sp³-hybridized carbons (Fsp3) is 0.312. The van der Waals surface area contributed by atoms with Gasteiger partial charge in [0.1, 0.15) is 5.56 Å². The molecule has 0 amide bonds. The van der Waals surface area contributed by atoms with Crippen molar-refractivity contribution in [3.8, 4) is 0 Å². The van der Waals surface area contributed by atoms with Gasteiger partial charge in [0.25, 0.3) is 0 Å². The van der Waals surface area contributed by atoms with Crippen molar-refractivity contribution in [1.29, 1.82) is 0 Å². The molecule has 0 aliphatic carbocycles. The number of halogens is 3. The van der Waals surface area contributed by atoms with Gasteiger partial charge in [-0.25, -0.2) is 14.3 Å². The SMILES string of the molecule is Cc1cc(C)c(CS(=O)(=O)[O-])c(C)c1.N[n+]1cccc(C(F)(F)F)c1. The summed E-state index contributed by atoms with van der Waals surface area (Å²) in [7, 11) is -4.19. The second-order valence-corrected chi connectivity index (χ2v) is 7.02. The van der Waals surface area contributed by atoms with Gasteiger partial charge in [-0.2, -0.15) is 13.2 Å². The highest BCUT2D eigenvalue weighted by Crippen LogP contribution is 2.27. The van der Waals surface area contributed by atoms with Crippen LogP contribution in [0.15, 0.2) is 36.7 Å². The van der Waals surface area contributed by atoms with Crippen LogP contribution >= 0.6 is 0 Å². The van der Waals surface area contributed by atoms with E-state index in [2.05, 4.69) is 0 Å². The van der Waals surface area contributed by atoms with E-state index in [1.54, 1.807) is 0 Å². The Balaban J connectivity index is 0.000000257. The first-order valence-corrected chi connectivity index (χ1v) is 8.71. The summed E-state index contributed by atoms with van der Waals surface area (Å²) in [6, 6.07) is 5.97. The van der Waals surface area contributed by atoms with Crippen molar-refractivity contribution < 1.29 is 30.8 Å². The first kappa shape index (κ1) is 20.9. The number of pyridine rings is 1. The van der Waals surface area contributed by atoms with Crippen LogP contribution < -0.4 is 10.5 Å². The third-order valence-electron chi connectivity index (χ3n) is 3.31. The maximum Gasteiger partial charge on any atom is 0.422 e. The van der Waals surface area contributed by atoms with Gasteiger partial charge in [0.15, 0.2) is 6.20 Å². The van der Waals surface area contributed by atoms with Crippen molar-refractivity contribution in [3.05, 3.63) is 64.5 Å². The molecule has 9 heteroatoms. The van der Waals surface area contributed by atoms with E-state index in [4.69, 9.17) is 5.84 Å². The van der Waals surface area contributed by atoms with Crippen molar-refractivity contribution in [3.63, 3.8) is 0 Å². The second kappa shape index (κ2) is 7.83. The Morgan fingerprint density at radius 3 is 2.04 bits per heavy atom. The molecule has 0 aliphatic heterocycles. The van der Waals surface area contributed by atoms with E-state index in [9.17, 15) is 26.1 Å². The molecule has 0 radical (unpaired) electrons. The summed E-state index contributed by atoms with van der Waals surface area (Å²) < 4.78 is 68.5. The Morgan fingerprint density at radius 2 is 1.68 bits per heavy atom. The van der Waals surface area contributed by atoms with Gasteiger partial charge in [-0.1, -0.05) is 22.4 Å². The smallest absolute Gasteiger partial charge is 0.422 e. The van der Waals surface area contributed by atoms with Gasteiger partial charge in [-0.05, 0) is 43.5 Å². The molecule has 0 bridgehead atoms. The topological polar surface area (TPSA) is 87.1 Å². The Labute approximate surface area is 144 Å². The van der Waals surface area contributed by atoms with E-state index in [1.165, 1.54) is 12.3 Å². The molecule has 0 saturated carbocycles. The van der Waals surface area contributed by atoms with Crippen molar-refractivity contribution >= 4 is 10.1 Å². The molecular weight excluding hydrogens is 357 g/mol. The van der Waals surface area contributed by atoms with E-state index in [-0.39, 0.29) is 0 Å². The monoisotopic (exact) mass is 376 g/mol. The van der Waals surface area contributed by atoms with Crippen LogP contribution in [0.1, 0.15) is 27.8 Å². The summed E-state index contributed by atoms with van der Waals surface area (Å²) >= 11 is 0. The Bertz CT molecular complexity index is 827. The van der Waals surface area contributed by atoms with Crippen LogP contribution in [-0.4, -0.2) is 13.0 Å². The lowest BCUT2D eigenvalue weighted by Gasteiger charge is -2.13. The van der Waals surface area contributed by atoms with Gasteiger partial charge in [0.2, 0.25) is 6.20 Å². The number of hydrogen-bond acceptors (Lipinski definition) is 4. The van der Waals surface area contributed by atoms with Gasteiger partial charge in [-0.3, -0.25) is 0 Å². The number of benzene rings is 1. The predicted molar refractivity (Wildman–Crippen MR) is 85.8 cm³/mol. The Hall–Kier alpha value is -2.13. The molecule has 2 N–H and O–H groups in total. The molecule has 1 aromatic heterocycles. The number of nitrogen functional groups attached to an aromatic ring is 1. The lowest BCUT2D eigenvalue weighted by molar-refractivity contribution is -0.640. The predicted octanol–water partition coefficient (Wildman–Crippen LogP) is 2.36. The average Bonchev–Trinajstić information content (AvgIpc) is 2.42. The first-order valence-electron chi connectivity index (χ1n) is 7.13. The van der Waals surface area contributed by atoms with Gasteiger partial charge < -0.3 is 4.55 Å². The fourth-order valence-electron chi connectivity index (χ4n) is 2.27. The van der Waals surface area contributed by atoms with E-state index in [1.807, 2.05) is 32.9 Å². The largest absolute Gasteiger partial charge is 0.748 e. The van der Waals surface area contributed by atoms with Gasteiger partial charge in [-0.15, -0.1) is 0 Å². The number of aryl methyl sites for hydroxylation is 3. The molecule has 0 fully saturated rings. The summed E-state index contributed by atoms with van der Waals surface area (Å²) in [5.74, 6) is 4.66. The third-order valence-corrected chi connectivity index (χ3v) is 3.95. The standard InChI is InChI=1S/C10H14O3S.C6H6F3N2/c1-7-4-8(2)10(9(3)5-7)6-14(11,12)13;7-6(8,9)5-2-1-3-11(10)4-5/h4-5H,6H2,1-3H3,(H,11,12,13);1-4H,10H2/q;+1/p-1. The molecule has 1 aromatic carbocycles. The van der Waals surface area contributed by atoms with Crippen LogP contribution in [0.25, 0.3) is 0 Å². The van der Waals surface area contributed by atoms with Crippen LogP contribution in [0.4, 0.5) is 13.2 Å². The van der Waals surface area contributed by atoms with Crippen molar-refractivity contribution in [2.75, 3.05) is 5.84 Å². The minimum absolute atomic E-state index is 0.412. The Morgan fingerprint density at radius 1 is 1.16 bits per heavy atom. The summed E-state index contributed by atoms with van der Waals surface area (Å²) in [5, 5.41) is 0. The van der Waals surface area contributed by atoms with Crippen molar-refractivity contribution in [1.82, 2.24) is 0 Å². The lowest BCUT2D eigenvalue weighted by atomic mass is 10.0. The Kier molecular flexibility index (Phi) is 6.55. The van der Waals surface area contributed by atoms with E-state index in [0.717, 1.165) is 33.6 Å². The molecule has 0 spiro atoms. The van der Waals surface area contributed by atoms with Gasteiger partial charge >= 0.3 is 6.18 Å². The van der Waals surface area contributed by atoms with Crippen LogP contribution in [0.5, 0.6) is 0 Å². The zero-order chi connectivity index (χ0) is 19.4. The molecule has 138 valence electrons. The molecular formula is C16H19F3N2O3S. The molecule has 25 heavy (non-hydrogen) atoms. The average molecular weight is 376 g/mol. The van der Waals surface area contributed by atoms with Crippen LogP contribution in [0, 0.1) is 20.8 Å². The minimum atomic E-state index is -4.32. The zero-order valence-electron chi connectivity index (χ0n) is 14.0. The summed E-state index contributed by atoms with van der Waals surface area (Å²) in [4.78, 5) is 0. The highest BCUT2D eigenvalue weighted by atomic mass is 32.2. The highest BCUT2D eigenvalue weighted by molar-refractivity contribution is 7.84. The van der Waals surface area contributed by atoms with Crippen LogP contribution in [0.3, 0.4) is 0 Å². The number of nitrogens with two attached hydrogens (primary N) is 1. The maximum absolute atomic E-state index is 11.9. The number of hydrogen-bond donors (Lipinski definition) is 1. The molecule has 0 unspecified atom stereocenters. The summed E-state index contributed by atoms with van der Waals surface area (Å²) in [6.45, 7) is 5.58. The van der Waals surface area contributed by atoms with Crippen molar-refractivity contribution in [2.45, 2.75) is 32.7 Å². The molecule has 1 heterocycles. The quantitative estimate of drug-likeness (QED) is 0.495. The van der Waals surface area contributed by atoms with Gasteiger partial charge in [0.05, 0.1) is 15.9 Å². The van der Waals surface area contributed by atoms with E-state index in [0.29, 0.717) is 5.56 Å². The summed E-state index contributed by atoms with van der Waals surface area (Å²) in [6.07, 6.45) is -2.17. The third kappa shape index (κ3) is 7.10. The fourth-order valence-corrected chi connectivity index (χ4v) is 3.08. The number of rotatable bonds is 2. The molecule has 2 aromatic rings. The molecule has 0 atom stereocenters. The van der Waals surface area contributed by atoms with Crippen molar-refractivity contribution in [2.24, 2.45) is 0 Å². The lowest BCUT2D eigenvalue weighted by Crippen LogP contribution is -2.44. The maximum atomic E-state index is 11.9. The second-order valence-electron chi connectivity index (χ2n) is 5.62. The van der Waals surface area contributed by atoms with Crippen LogP contribution in [0.2, 0.25) is 0 Å². The number of alkyl halides is 3. The first-order chi connectivity index (χ1) is 11.3. The number of nitrogens with zero attached hydrogens (tertiary/aromatic N) is 1. The van der Waals surface area contributed by atoms with Gasteiger partial charge in [0, 0.05) is 6.07 Å². The molecule has 0 aliphatic rings. The zero-order valence-corrected chi connectivity index (χ0v) is 14.8. The minimum Gasteiger partial charge on any atom is -0.748 e. The number of aromatic nitrogens is 1. The molecule has 0 saturated heterocycles. The highest BCUT2D eigenvalue weighted by Gasteiger charge is 2.32. The van der Waals surface area contributed by atoms with E-state index < -0.39 is 27.6 Å². The van der Waals surface area contributed by atoms with E-state index >= 15 is 0 Å².